The van der Waals surface area contributed by atoms with Crippen molar-refractivity contribution in [3.8, 4) is 11.5 Å². The van der Waals surface area contributed by atoms with Gasteiger partial charge in [-0.3, -0.25) is 4.79 Å². The third-order valence-corrected chi connectivity index (χ3v) is 5.94. The first kappa shape index (κ1) is 28.5. The molecule has 1 unspecified atom stereocenters. The molecule has 1 N–H and O–H groups in total. The van der Waals surface area contributed by atoms with E-state index in [1.807, 2.05) is 30.3 Å². The summed E-state index contributed by atoms with van der Waals surface area (Å²) in [5, 5.41) is 2.91. The molecule has 35 heavy (non-hydrogen) atoms. The molecule has 1 atom stereocenters. The third-order valence-electron chi connectivity index (χ3n) is 4.75. The highest BCUT2D eigenvalue weighted by Gasteiger charge is 2.18. The smallest absolute Gasteiger partial charge is 0.344 e. The zero-order chi connectivity index (χ0) is 25.1. The summed E-state index contributed by atoms with van der Waals surface area (Å²) >= 11 is 1.76. The lowest BCUT2D eigenvalue weighted by Gasteiger charge is -2.20. The number of rotatable bonds is 18. The lowest BCUT2D eigenvalue weighted by atomic mass is 10.2. The van der Waals surface area contributed by atoms with E-state index in [0.717, 1.165) is 30.8 Å². The van der Waals surface area contributed by atoms with Gasteiger partial charge in [0.15, 0.2) is 12.7 Å². The highest BCUT2D eigenvalue weighted by Crippen LogP contribution is 2.24. The van der Waals surface area contributed by atoms with E-state index in [1.54, 1.807) is 36.0 Å². The van der Waals surface area contributed by atoms with Crippen LogP contribution in [0.5, 0.6) is 11.5 Å². The quantitative estimate of drug-likeness (QED) is 0.217. The molecule has 192 valence electrons. The molecule has 1 amide bonds. The van der Waals surface area contributed by atoms with E-state index < -0.39 is 12.1 Å². The van der Waals surface area contributed by atoms with Gasteiger partial charge in [0.05, 0.1) is 12.3 Å². The van der Waals surface area contributed by atoms with Gasteiger partial charge in [0, 0.05) is 18.8 Å². The summed E-state index contributed by atoms with van der Waals surface area (Å²) in [6, 6.07) is 16.3. The minimum Gasteiger partial charge on any atom is -0.487 e. The van der Waals surface area contributed by atoms with Gasteiger partial charge in [-0.05, 0) is 42.9 Å². The summed E-state index contributed by atoms with van der Waals surface area (Å²) in [4.78, 5) is 24.7. The van der Waals surface area contributed by atoms with Crippen LogP contribution in [0.2, 0.25) is 0 Å². The van der Waals surface area contributed by atoms with Crippen LogP contribution in [0, 0.1) is 0 Å². The Morgan fingerprint density at radius 3 is 2.46 bits per heavy atom. The van der Waals surface area contributed by atoms with E-state index in [2.05, 4.69) is 19.2 Å². The van der Waals surface area contributed by atoms with Crippen LogP contribution in [0.4, 0.5) is 5.69 Å². The number of thioether (sulfide) groups is 1. The summed E-state index contributed by atoms with van der Waals surface area (Å²) in [6.45, 7) is 4.86. The molecule has 0 aliphatic heterocycles. The maximum absolute atomic E-state index is 12.4. The third kappa shape index (κ3) is 12.5. The molecule has 0 saturated heterocycles. The molecule has 2 aromatic rings. The van der Waals surface area contributed by atoms with E-state index >= 15 is 0 Å². The number of hydrogen-bond donors (Lipinski definition) is 1. The predicted molar refractivity (Wildman–Crippen MR) is 140 cm³/mol. The van der Waals surface area contributed by atoms with Gasteiger partial charge >= 0.3 is 5.97 Å². The Balaban J connectivity index is 1.90. The van der Waals surface area contributed by atoms with Gasteiger partial charge in [0.2, 0.25) is 5.91 Å². The van der Waals surface area contributed by atoms with Crippen LogP contribution in [0.1, 0.15) is 39.5 Å². The summed E-state index contributed by atoms with van der Waals surface area (Å²) in [6.07, 6.45) is 2.84. The van der Waals surface area contributed by atoms with Crippen molar-refractivity contribution in [2.24, 2.45) is 0 Å². The van der Waals surface area contributed by atoms with Crippen molar-refractivity contribution in [1.82, 2.24) is 0 Å². The molecule has 0 aliphatic carbocycles. The van der Waals surface area contributed by atoms with Gasteiger partial charge in [-0.15, -0.1) is 0 Å². The maximum atomic E-state index is 12.4. The van der Waals surface area contributed by atoms with Gasteiger partial charge < -0.3 is 24.3 Å². The molecule has 2 aromatic carbocycles. The molecule has 0 heterocycles. The molecule has 0 radical (unpaired) electrons. The average molecular weight is 504 g/mol. The second-order valence-electron chi connectivity index (χ2n) is 7.86. The molecule has 2 rings (SSSR count). The van der Waals surface area contributed by atoms with Gasteiger partial charge in [-0.2, -0.15) is 11.8 Å². The Kier molecular flexibility index (Phi) is 14.4. The molecular formula is C27H37NO6S. The molecule has 8 heteroatoms. The molecule has 7 nitrogen and oxygen atoms in total. The normalized spacial score (nSPS) is 11.5. The zero-order valence-electron chi connectivity index (χ0n) is 20.7. The monoisotopic (exact) mass is 503 g/mol. The second kappa shape index (κ2) is 17.7. The van der Waals surface area contributed by atoms with Crippen molar-refractivity contribution in [2.75, 3.05) is 43.3 Å². The van der Waals surface area contributed by atoms with Gasteiger partial charge in [0.25, 0.3) is 0 Å². The highest BCUT2D eigenvalue weighted by atomic mass is 32.2. The van der Waals surface area contributed by atoms with Crippen LogP contribution in [-0.2, 0) is 19.1 Å². The zero-order valence-corrected chi connectivity index (χ0v) is 21.5. The van der Waals surface area contributed by atoms with Crippen molar-refractivity contribution >= 4 is 29.3 Å². The number of para-hydroxylation sites is 3. The molecule has 0 fully saturated rings. The first-order chi connectivity index (χ1) is 17.1. The number of benzene rings is 2. The molecule has 0 saturated carbocycles. The standard InChI is InChI=1S/C27H37NO6S/c1-3-5-16-31-19-23(34-27(30)21-32-22-11-7-6-8-12-22)20-33-25-14-10-9-13-24(25)28-26(29)15-18-35-17-4-2/h6-14,23H,3-5,15-21H2,1-2H3,(H,28,29). The van der Waals surface area contributed by atoms with Crippen LogP contribution in [0.3, 0.4) is 0 Å². The number of esters is 1. The fourth-order valence-corrected chi connectivity index (χ4v) is 3.78. The summed E-state index contributed by atoms with van der Waals surface area (Å²) in [5.74, 6) is 2.36. The fourth-order valence-electron chi connectivity index (χ4n) is 2.96. The number of ether oxygens (including phenoxy) is 4. The fraction of sp³-hybridized carbons (Fsp3) is 0.481. The van der Waals surface area contributed by atoms with E-state index in [0.29, 0.717) is 30.2 Å². The topological polar surface area (TPSA) is 83.1 Å². The van der Waals surface area contributed by atoms with E-state index in [1.165, 1.54) is 0 Å². The largest absolute Gasteiger partial charge is 0.487 e. The lowest BCUT2D eigenvalue weighted by Crippen LogP contribution is -2.32. The van der Waals surface area contributed by atoms with Crippen molar-refractivity contribution in [3.05, 3.63) is 54.6 Å². The number of anilines is 1. The molecule has 0 aromatic heterocycles. The van der Waals surface area contributed by atoms with Crippen molar-refractivity contribution in [3.63, 3.8) is 0 Å². The molecule has 0 bridgehead atoms. The van der Waals surface area contributed by atoms with Crippen molar-refractivity contribution in [2.45, 2.75) is 45.6 Å². The Labute approximate surface area is 212 Å². The van der Waals surface area contributed by atoms with Gasteiger partial charge in [-0.25, -0.2) is 4.79 Å². The first-order valence-corrected chi connectivity index (χ1v) is 13.3. The Hall–Kier alpha value is -2.71. The van der Waals surface area contributed by atoms with Crippen LogP contribution < -0.4 is 14.8 Å². The SMILES string of the molecule is CCCCOCC(COc1ccccc1NC(=O)CCSCCC)OC(=O)COc1ccccc1. The average Bonchev–Trinajstić information content (AvgIpc) is 2.87. The number of hydrogen-bond acceptors (Lipinski definition) is 7. The number of unbranched alkanes of at least 4 members (excludes halogenated alkanes) is 1. The summed E-state index contributed by atoms with van der Waals surface area (Å²) < 4.78 is 22.7. The number of nitrogens with one attached hydrogen (secondary N) is 1. The minimum absolute atomic E-state index is 0.0615. The summed E-state index contributed by atoms with van der Waals surface area (Å²) in [7, 11) is 0. The lowest BCUT2D eigenvalue weighted by molar-refractivity contribution is -0.156. The first-order valence-electron chi connectivity index (χ1n) is 12.2. The summed E-state index contributed by atoms with van der Waals surface area (Å²) in [5.41, 5.74) is 0.586. The maximum Gasteiger partial charge on any atom is 0.344 e. The number of amides is 1. The van der Waals surface area contributed by atoms with Crippen LogP contribution in [0.15, 0.2) is 54.6 Å². The van der Waals surface area contributed by atoms with E-state index in [4.69, 9.17) is 18.9 Å². The second-order valence-corrected chi connectivity index (χ2v) is 9.08. The van der Waals surface area contributed by atoms with E-state index in [-0.39, 0.29) is 25.7 Å². The van der Waals surface area contributed by atoms with Gasteiger partial charge in [-0.1, -0.05) is 50.6 Å². The number of carbonyl (C=O) groups is 2. The molecular weight excluding hydrogens is 466 g/mol. The van der Waals surface area contributed by atoms with Gasteiger partial charge in [0.1, 0.15) is 18.1 Å². The van der Waals surface area contributed by atoms with Crippen LogP contribution in [0.25, 0.3) is 0 Å². The molecule has 0 spiro atoms. The molecule has 0 aliphatic rings. The Morgan fingerprint density at radius 2 is 1.69 bits per heavy atom. The highest BCUT2D eigenvalue weighted by molar-refractivity contribution is 7.99. The Morgan fingerprint density at radius 1 is 0.914 bits per heavy atom. The van der Waals surface area contributed by atoms with Crippen LogP contribution >= 0.6 is 11.8 Å². The van der Waals surface area contributed by atoms with Crippen LogP contribution in [-0.4, -0.2) is 55.9 Å². The van der Waals surface area contributed by atoms with Crippen molar-refractivity contribution < 1.29 is 28.5 Å². The predicted octanol–water partition coefficient (Wildman–Crippen LogP) is 5.34. The minimum atomic E-state index is -0.618. The Bertz CT molecular complexity index is 864. The number of carbonyl (C=O) groups excluding carboxylic acids is 2. The van der Waals surface area contributed by atoms with Crippen molar-refractivity contribution in [1.29, 1.82) is 0 Å². The van der Waals surface area contributed by atoms with E-state index in [9.17, 15) is 9.59 Å².